The normalized spacial score (nSPS) is 17.2. The van der Waals surface area contributed by atoms with E-state index in [9.17, 15) is 9.59 Å². The van der Waals surface area contributed by atoms with Crippen molar-refractivity contribution in [2.24, 2.45) is 0 Å². The van der Waals surface area contributed by atoms with Gasteiger partial charge in [-0.3, -0.25) is 4.79 Å². The van der Waals surface area contributed by atoms with E-state index in [1.54, 1.807) is 11.0 Å². The van der Waals surface area contributed by atoms with Crippen LogP contribution in [0.4, 0.5) is 5.82 Å². The van der Waals surface area contributed by atoms with E-state index in [0.29, 0.717) is 24.5 Å². The Labute approximate surface area is 145 Å². The van der Waals surface area contributed by atoms with E-state index in [2.05, 4.69) is 10.2 Å². The molecule has 0 bridgehead atoms. The first kappa shape index (κ1) is 16.9. The molecule has 1 aliphatic heterocycles. The van der Waals surface area contributed by atoms with Crippen LogP contribution in [0.2, 0.25) is 0 Å². The topological polar surface area (TPSA) is 88.8 Å². The van der Waals surface area contributed by atoms with Crippen molar-refractivity contribution in [3.63, 3.8) is 0 Å². The quantitative estimate of drug-likeness (QED) is 0.823. The summed E-state index contributed by atoms with van der Waals surface area (Å²) >= 11 is 0. The van der Waals surface area contributed by atoms with E-state index >= 15 is 0 Å². The van der Waals surface area contributed by atoms with Crippen molar-refractivity contribution >= 4 is 11.7 Å². The third-order valence-electron chi connectivity index (χ3n) is 3.98. The van der Waals surface area contributed by atoms with Crippen molar-refractivity contribution in [1.29, 1.82) is 0 Å². The lowest BCUT2D eigenvalue weighted by Crippen LogP contribution is -2.44. The Morgan fingerprint density at radius 3 is 2.76 bits per heavy atom. The van der Waals surface area contributed by atoms with Gasteiger partial charge in [-0.25, -0.2) is 4.79 Å². The van der Waals surface area contributed by atoms with Gasteiger partial charge in [0.1, 0.15) is 12.4 Å². The fourth-order valence-electron chi connectivity index (χ4n) is 2.67. The summed E-state index contributed by atoms with van der Waals surface area (Å²) < 4.78 is 10.6. The van der Waals surface area contributed by atoms with Gasteiger partial charge in [-0.1, -0.05) is 0 Å². The molecule has 132 valence electrons. The first-order valence-electron chi connectivity index (χ1n) is 8.09. The van der Waals surface area contributed by atoms with Gasteiger partial charge in [0.15, 0.2) is 5.82 Å². The lowest BCUT2D eigenvalue weighted by molar-refractivity contribution is 0.0523. The molecule has 1 fully saturated rings. The molecule has 3 rings (SSSR count). The maximum Gasteiger partial charge on any atom is 0.335 e. The first-order chi connectivity index (χ1) is 12.0. The number of nitrogens with zero attached hydrogens (tertiary/aromatic N) is 4. The number of carbonyl (C=O) groups is 1. The highest BCUT2D eigenvalue weighted by Crippen LogP contribution is 2.19. The van der Waals surface area contributed by atoms with Crippen molar-refractivity contribution in [1.82, 2.24) is 15.1 Å². The zero-order chi connectivity index (χ0) is 17.8. The minimum absolute atomic E-state index is 0.145. The van der Waals surface area contributed by atoms with E-state index in [1.807, 2.05) is 25.1 Å². The van der Waals surface area contributed by atoms with Crippen LogP contribution < -0.4 is 15.3 Å². The monoisotopic (exact) mass is 344 g/mol. The van der Waals surface area contributed by atoms with Crippen LogP contribution in [0.5, 0.6) is 5.88 Å². The van der Waals surface area contributed by atoms with Gasteiger partial charge >= 0.3 is 5.63 Å². The number of hydrogen-bond acceptors (Lipinski definition) is 7. The minimum atomic E-state index is -0.476. The average molecular weight is 344 g/mol. The predicted molar refractivity (Wildman–Crippen MR) is 90.9 cm³/mol. The number of rotatable bonds is 4. The summed E-state index contributed by atoms with van der Waals surface area (Å²) in [6.07, 6.45) is 2.72. The third-order valence-corrected chi connectivity index (χ3v) is 3.98. The number of hydrogen-bond donors (Lipinski definition) is 0. The first-order valence-corrected chi connectivity index (χ1v) is 8.09. The van der Waals surface area contributed by atoms with Crippen LogP contribution in [0.3, 0.4) is 0 Å². The van der Waals surface area contributed by atoms with Crippen LogP contribution in [0.25, 0.3) is 0 Å². The third kappa shape index (κ3) is 4.14. The lowest BCUT2D eigenvalue weighted by Gasteiger charge is -2.32. The number of carbonyl (C=O) groups excluding carboxylic acids is 1. The number of ether oxygens (including phenoxy) is 1. The minimum Gasteiger partial charge on any atom is -0.471 e. The summed E-state index contributed by atoms with van der Waals surface area (Å²) in [5, 5.41) is 8.15. The van der Waals surface area contributed by atoms with Crippen molar-refractivity contribution in [3.05, 3.63) is 46.5 Å². The van der Waals surface area contributed by atoms with Gasteiger partial charge in [-0.2, -0.15) is 0 Å². The largest absolute Gasteiger partial charge is 0.471 e. The second-order valence-corrected chi connectivity index (χ2v) is 6.10. The molecule has 8 nitrogen and oxygen atoms in total. The molecule has 1 atom stereocenters. The highest BCUT2D eigenvalue weighted by atomic mass is 16.5. The molecular formula is C17H20N4O4. The Bertz CT molecular complexity index is 767. The summed E-state index contributed by atoms with van der Waals surface area (Å²) in [5.74, 6) is 1.01. The van der Waals surface area contributed by atoms with Crippen LogP contribution in [0.15, 0.2) is 39.7 Å². The smallest absolute Gasteiger partial charge is 0.335 e. The Kier molecular flexibility index (Phi) is 4.97. The van der Waals surface area contributed by atoms with Crippen molar-refractivity contribution in [2.45, 2.75) is 18.9 Å². The summed E-state index contributed by atoms with van der Waals surface area (Å²) in [6, 6.07) is 6.33. The van der Waals surface area contributed by atoms with Crippen LogP contribution in [0.1, 0.15) is 23.2 Å². The second kappa shape index (κ2) is 7.33. The SMILES string of the molecule is CN(C)c1ccc(OC2CCCN(C(=O)c3ccc(=O)oc3)C2)nn1. The van der Waals surface area contributed by atoms with Gasteiger partial charge in [0.25, 0.3) is 5.91 Å². The standard InChI is InChI=1S/C17H20N4O4/c1-20(2)14-6-7-15(19-18-14)25-13-4-3-9-21(10-13)17(23)12-5-8-16(22)24-11-12/h5-8,11,13H,3-4,9-10H2,1-2H3. The molecule has 0 radical (unpaired) electrons. The zero-order valence-corrected chi connectivity index (χ0v) is 14.2. The number of piperidine rings is 1. The van der Waals surface area contributed by atoms with E-state index in [0.717, 1.165) is 18.7 Å². The molecule has 1 amide bonds. The Morgan fingerprint density at radius 2 is 2.12 bits per heavy atom. The van der Waals surface area contributed by atoms with Gasteiger partial charge in [0.2, 0.25) is 5.88 Å². The molecule has 2 aromatic heterocycles. The molecule has 1 saturated heterocycles. The Hall–Kier alpha value is -2.90. The van der Waals surface area contributed by atoms with Crippen molar-refractivity contribution < 1.29 is 13.9 Å². The number of aromatic nitrogens is 2. The zero-order valence-electron chi connectivity index (χ0n) is 14.2. The lowest BCUT2D eigenvalue weighted by atomic mass is 10.1. The molecule has 1 unspecified atom stereocenters. The maximum atomic E-state index is 12.5. The number of anilines is 1. The van der Waals surface area contributed by atoms with E-state index in [1.165, 1.54) is 18.4 Å². The molecule has 8 heteroatoms. The highest BCUT2D eigenvalue weighted by molar-refractivity contribution is 5.93. The molecule has 3 heterocycles. The van der Waals surface area contributed by atoms with Crippen molar-refractivity contribution in [2.75, 3.05) is 32.1 Å². The van der Waals surface area contributed by atoms with Crippen LogP contribution in [-0.2, 0) is 0 Å². The summed E-state index contributed by atoms with van der Waals surface area (Å²) in [5.41, 5.74) is -0.119. The van der Waals surface area contributed by atoms with Gasteiger partial charge < -0.3 is 19.0 Å². The molecule has 0 aliphatic carbocycles. The van der Waals surface area contributed by atoms with Crippen LogP contribution in [0, 0.1) is 0 Å². The van der Waals surface area contributed by atoms with Gasteiger partial charge in [0.05, 0.1) is 12.1 Å². The predicted octanol–water partition coefficient (Wildman–Crippen LogP) is 1.18. The molecule has 0 N–H and O–H groups in total. The van der Waals surface area contributed by atoms with E-state index in [4.69, 9.17) is 9.15 Å². The van der Waals surface area contributed by atoms with Gasteiger partial charge in [-0.05, 0) is 25.0 Å². The number of likely N-dealkylation sites (tertiary alicyclic amines) is 1. The maximum absolute atomic E-state index is 12.5. The molecular weight excluding hydrogens is 324 g/mol. The van der Waals surface area contributed by atoms with Crippen LogP contribution >= 0.6 is 0 Å². The molecule has 0 saturated carbocycles. The molecule has 0 spiro atoms. The fourth-order valence-corrected chi connectivity index (χ4v) is 2.67. The van der Waals surface area contributed by atoms with Gasteiger partial charge in [0, 0.05) is 32.8 Å². The molecule has 2 aromatic rings. The summed E-state index contributed by atoms with van der Waals surface area (Å²) in [6.45, 7) is 1.10. The molecule has 0 aromatic carbocycles. The summed E-state index contributed by atoms with van der Waals surface area (Å²) in [7, 11) is 3.78. The summed E-state index contributed by atoms with van der Waals surface area (Å²) in [4.78, 5) is 27.1. The Morgan fingerprint density at radius 1 is 1.28 bits per heavy atom. The van der Waals surface area contributed by atoms with E-state index in [-0.39, 0.29) is 12.0 Å². The average Bonchev–Trinajstić information content (AvgIpc) is 2.62. The van der Waals surface area contributed by atoms with E-state index < -0.39 is 5.63 Å². The molecule has 25 heavy (non-hydrogen) atoms. The molecule has 1 aliphatic rings. The highest BCUT2D eigenvalue weighted by Gasteiger charge is 2.26. The van der Waals surface area contributed by atoms with Crippen molar-refractivity contribution in [3.8, 4) is 5.88 Å². The second-order valence-electron chi connectivity index (χ2n) is 6.10. The van der Waals surface area contributed by atoms with Gasteiger partial charge in [-0.15, -0.1) is 10.2 Å². The number of amides is 1. The Balaban J connectivity index is 1.63. The fraction of sp³-hybridized carbons (Fsp3) is 0.412. The van der Waals surface area contributed by atoms with Crippen LogP contribution in [-0.4, -0.2) is 54.3 Å².